The normalized spacial score (nSPS) is 17.4. The zero-order valence-electron chi connectivity index (χ0n) is 15.0. The number of methoxy groups -OCH3 is 2. The van der Waals surface area contributed by atoms with Gasteiger partial charge in [0, 0.05) is 12.0 Å². The van der Waals surface area contributed by atoms with Gasteiger partial charge in [0.05, 0.1) is 14.2 Å². The molecule has 27 heavy (non-hydrogen) atoms. The average Bonchev–Trinajstić information content (AvgIpc) is 2.66. The fourth-order valence-electron chi connectivity index (χ4n) is 2.31. The molecule has 0 saturated carbocycles. The van der Waals surface area contributed by atoms with Crippen LogP contribution in [-0.2, 0) is 14.3 Å². The van der Waals surface area contributed by atoms with Crippen LogP contribution in [0.3, 0.4) is 0 Å². The van der Waals surface area contributed by atoms with Crippen molar-refractivity contribution < 1.29 is 29.3 Å². The summed E-state index contributed by atoms with van der Waals surface area (Å²) in [6, 6.07) is 4.67. The van der Waals surface area contributed by atoms with Crippen molar-refractivity contribution in [1.82, 2.24) is 0 Å². The predicted octanol–water partition coefficient (Wildman–Crippen LogP) is 3.27. The number of benzene rings is 1. The van der Waals surface area contributed by atoms with Crippen molar-refractivity contribution >= 4 is 17.6 Å². The van der Waals surface area contributed by atoms with Gasteiger partial charge in [-0.1, -0.05) is 24.3 Å². The van der Waals surface area contributed by atoms with Gasteiger partial charge in [-0.25, -0.2) is 0 Å². The van der Waals surface area contributed by atoms with Gasteiger partial charge in [-0.2, -0.15) is 0 Å². The number of carbonyl (C=O) groups excluding carboxylic acids is 2. The number of aliphatic hydroxyl groups excluding tert-OH is 1. The molecule has 1 unspecified atom stereocenters. The molecule has 2 N–H and O–H groups in total. The first-order valence-corrected chi connectivity index (χ1v) is 8.09. The molecule has 2 rings (SSSR count). The molecule has 6 heteroatoms. The smallest absolute Gasteiger partial charge is 0.219 e. The van der Waals surface area contributed by atoms with Gasteiger partial charge in [0.2, 0.25) is 5.78 Å². The number of aliphatic hydroxyl groups is 1. The minimum Gasteiger partial charge on any atom is -0.508 e. The highest BCUT2D eigenvalue weighted by Crippen LogP contribution is 2.26. The van der Waals surface area contributed by atoms with E-state index in [-0.39, 0.29) is 29.0 Å². The van der Waals surface area contributed by atoms with E-state index in [1.165, 1.54) is 38.5 Å². The molecule has 0 bridgehead atoms. The van der Waals surface area contributed by atoms with Crippen molar-refractivity contribution in [1.29, 1.82) is 0 Å². The summed E-state index contributed by atoms with van der Waals surface area (Å²) in [6.45, 7) is 0. The molecule has 0 radical (unpaired) electrons. The summed E-state index contributed by atoms with van der Waals surface area (Å²) in [7, 11) is 2.85. The Balaban J connectivity index is 2.01. The van der Waals surface area contributed by atoms with Crippen molar-refractivity contribution in [3.05, 3.63) is 77.8 Å². The first-order valence-electron chi connectivity index (χ1n) is 8.09. The van der Waals surface area contributed by atoms with Crippen molar-refractivity contribution in [2.24, 2.45) is 5.92 Å². The predicted molar refractivity (Wildman–Crippen MR) is 101 cm³/mol. The van der Waals surface area contributed by atoms with Gasteiger partial charge in [-0.05, 0) is 42.0 Å². The average molecular weight is 368 g/mol. The maximum Gasteiger partial charge on any atom is 0.219 e. The highest BCUT2D eigenvalue weighted by Gasteiger charge is 2.13. The van der Waals surface area contributed by atoms with Crippen LogP contribution in [0.4, 0.5) is 0 Å². The number of hydrogen-bond donors (Lipinski definition) is 2. The van der Waals surface area contributed by atoms with E-state index in [2.05, 4.69) is 0 Å². The van der Waals surface area contributed by atoms with Crippen LogP contribution in [-0.4, -0.2) is 36.0 Å². The minimum absolute atomic E-state index is 0.00722. The van der Waals surface area contributed by atoms with E-state index in [1.807, 2.05) is 0 Å². The van der Waals surface area contributed by atoms with E-state index in [0.29, 0.717) is 11.3 Å². The number of phenolic OH excluding ortho intramolecular Hbond substituents is 1. The maximum atomic E-state index is 11.9. The first-order chi connectivity index (χ1) is 12.9. The molecule has 0 heterocycles. The van der Waals surface area contributed by atoms with Gasteiger partial charge in [0.1, 0.15) is 5.76 Å². The Kier molecular flexibility index (Phi) is 6.77. The lowest BCUT2D eigenvalue weighted by molar-refractivity contribution is -0.114. The monoisotopic (exact) mass is 368 g/mol. The van der Waals surface area contributed by atoms with Crippen LogP contribution in [0.2, 0.25) is 0 Å². The highest BCUT2D eigenvalue weighted by molar-refractivity contribution is 6.03. The number of aromatic hydroxyl groups is 1. The van der Waals surface area contributed by atoms with Crippen LogP contribution in [0.1, 0.15) is 5.56 Å². The lowest BCUT2D eigenvalue weighted by Crippen LogP contribution is -2.08. The molecule has 1 aromatic carbocycles. The summed E-state index contributed by atoms with van der Waals surface area (Å²) in [5, 5.41) is 19.4. The molecule has 6 nitrogen and oxygen atoms in total. The molecule has 0 amide bonds. The lowest BCUT2D eigenvalue weighted by Gasteiger charge is -2.10. The van der Waals surface area contributed by atoms with Gasteiger partial charge in [0.15, 0.2) is 23.0 Å². The van der Waals surface area contributed by atoms with E-state index in [0.717, 1.165) is 6.08 Å². The second kappa shape index (κ2) is 9.24. The number of hydrogen-bond acceptors (Lipinski definition) is 6. The molecule has 0 spiro atoms. The van der Waals surface area contributed by atoms with Crippen molar-refractivity contribution in [3.8, 4) is 11.5 Å². The number of ketones is 2. The lowest BCUT2D eigenvalue weighted by atomic mass is 10.0. The van der Waals surface area contributed by atoms with Crippen LogP contribution in [0, 0.1) is 5.92 Å². The van der Waals surface area contributed by atoms with E-state index >= 15 is 0 Å². The van der Waals surface area contributed by atoms with Crippen molar-refractivity contribution in [2.45, 2.75) is 0 Å². The Hall–Kier alpha value is -3.54. The molecule has 1 atom stereocenters. The Morgan fingerprint density at radius 1 is 1.19 bits per heavy atom. The molecule has 1 aliphatic rings. The van der Waals surface area contributed by atoms with Gasteiger partial charge >= 0.3 is 0 Å². The minimum atomic E-state index is -0.410. The van der Waals surface area contributed by atoms with Gasteiger partial charge in [-0.15, -0.1) is 0 Å². The van der Waals surface area contributed by atoms with Crippen LogP contribution >= 0.6 is 0 Å². The zero-order chi connectivity index (χ0) is 19.8. The van der Waals surface area contributed by atoms with Crippen LogP contribution < -0.4 is 4.74 Å². The van der Waals surface area contributed by atoms with Gasteiger partial charge < -0.3 is 19.7 Å². The van der Waals surface area contributed by atoms with E-state index in [4.69, 9.17) is 9.47 Å². The van der Waals surface area contributed by atoms with E-state index in [1.54, 1.807) is 36.4 Å². The van der Waals surface area contributed by atoms with Crippen LogP contribution in [0.25, 0.3) is 6.08 Å². The summed E-state index contributed by atoms with van der Waals surface area (Å²) in [5.74, 6) is -0.520. The van der Waals surface area contributed by atoms with Crippen molar-refractivity contribution in [2.75, 3.05) is 14.2 Å². The molecule has 0 aliphatic heterocycles. The van der Waals surface area contributed by atoms with Crippen LogP contribution in [0.5, 0.6) is 11.5 Å². The maximum absolute atomic E-state index is 11.9. The van der Waals surface area contributed by atoms with E-state index < -0.39 is 5.78 Å². The first kappa shape index (κ1) is 19.8. The summed E-state index contributed by atoms with van der Waals surface area (Å²) < 4.78 is 9.96. The number of ether oxygens (including phenoxy) is 2. The van der Waals surface area contributed by atoms with Crippen molar-refractivity contribution in [3.63, 3.8) is 0 Å². The van der Waals surface area contributed by atoms with Gasteiger partial charge in [0.25, 0.3) is 0 Å². The largest absolute Gasteiger partial charge is 0.508 e. The SMILES string of the molecule is COC1=CC(/C=C/C(O)=C/C(=O)/C=C/c2ccc(O)c(OC)c2)C=CC1=O. The fourth-order valence-corrected chi connectivity index (χ4v) is 2.31. The fraction of sp³-hybridized carbons (Fsp3) is 0.143. The second-order valence-electron chi connectivity index (χ2n) is 5.63. The quantitative estimate of drug-likeness (QED) is 0.436. The molecule has 0 aromatic heterocycles. The molecule has 140 valence electrons. The number of allylic oxidation sites excluding steroid dienone is 7. The highest BCUT2D eigenvalue weighted by atomic mass is 16.5. The molecule has 1 aliphatic carbocycles. The second-order valence-corrected chi connectivity index (χ2v) is 5.63. The Labute approximate surface area is 157 Å². The third kappa shape index (κ3) is 5.74. The Morgan fingerprint density at radius 2 is 1.96 bits per heavy atom. The number of phenols is 1. The van der Waals surface area contributed by atoms with Crippen LogP contribution in [0.15, 0.2) is 72.2 Å². The Morgan fingerprint density at radius 3 is 2.67 bits per heavy atom. The standard InChI is InChI=1S/C21H20O6/c1-26-20-11-14(5-9-18(20)24)3-7-16(22)13-17(23)8-4-15-6-10-19(25)21(12-15)27-2/h3-14,22,25H,1-2H3/b7-3+,8-4+,16-13-. The Bertz CT molecular complexity index is 871. The third-order valence-corrected chi connectivity index (χ3v) is 3.70. The summed E-state index contributed by atoms with van der Waals surface area (Å²) in [5.41, 5.74) is 0.663. The number of carbonyl (C=O) groups is 2. The molecule has 1 aromatic rings. The summed E-state index contributed by atoms with van der Waals surface area (Å²) in [6.07, 6.45) is 11.6. The topological polar surface area (TPSA) is 93.1 Å². The zero-order valence-corrected chi connectivity index (χ0v) is 15.0. The molecule has 0 fully saturated rings. The molecular formula is C21H20O6. The van der Waals surface area contributed by atoms with E-state index in [9.17, 15) is 19.8 Å². The summed E-state index contributed by atoms with van der Waals surface area (Å²) >= 11 is 0. The summed E-state index contributed by atoms with van der Waals surface area (Å²) in [4.78, 5) is 23.4. The molecule has 0 saturated heterocycles. The third-order valence-electron chi connectivity index (χ3n) is 3.70. The van der Waals surface area contributed by atoms with Gasteiger partial charge in [-0.3, -0.25) is 9.59 Å². The molecular weight excluding hydrogens is 348 g/mol. The number of rotatable bonds is 7.